The molecule has 0 spiro atoms. The largest absolute Gasteiger partial charge is 0.508 e. The van der Waals surface area contributed by atoms with Gasteiger partial charge in [-0.2, -0.15) is 0 Å². The summed E-state index contributed by atoms with van der Waals surface area (Å²) in [7, 11) is 0. The predicted molar refractivity (Wildman–Crippen MR) is 114 cm³/mol. The van der Waals surface area contributed by atoms with Gasteiger partial charge in [-0.15, -0.1) is 23.2 Å². The van der Waals surface area contributed by atoms with Gasteiger partial charge >= 0.3 is 6.16 Å². The lowest BCUT2D eigenvalue weighted by Gasteiger charge is -2.31. The van der Waals surface area contributed by atoms with Crippen molar-refractivity contribution < 1.29 is 33.2 Å². The second-order valence-electron chi connectivity index (χ2n) is 7.33. The van der Waals surface area contributed by atoms with Gasteiger partial charge in [0.25, 0.3) is 0 Å². The maximum Gasteiger partial charge on any atom is 0.508 e. The third-order valence-corrected chi connectivity index (χ3v) is 5.70. The van der Waals surface area contributed by atoms with Gasteiger partial charge in [0.15, 0.2) is 12.6 Å². The van der Waals surface area contributed by atoms with E-state index in [2.05, 4.69) is 0 Å². The highest BCUT2D eigenvalue weighted by molar-refractivity contribution is 6.22. The molecule has 8 unspecified atom stereocenters. The average molecular weight is 467 g/mol. The molecule has 0 N–H and O–H groups in total. The zero-order valence-corrected chi connectivity index (χ0v) is 19.4. The van der Waals surface area contributed by atoms with Gasteiger partial charge < -0.3 is 28.4 Å². The van der Waals surface area contributed by atoms with Crippen molar-refractivity contribution in [3.8, 4) is 0 Å². The van der Waals surface area contributed by atoms with E-state index in [9.17, 15) is 4.79 Å². The van der Waals surface area contributed by atoms with E-state index in [4.69, 9.17) is 51.6 Å². The molecule has 0 radical (unpaired) electrons. The molecular weight excluding hydrogens is 435 g/mol. The lowest BCUT2D eigenvalue weighted by atomic mass is 10.2. The lowest BCUT2D eigenvalue weighted by molar-refractivity contribution is -0.181. The van der Waals surface area contributed by atoms with Crippen LogP contribution in [0.3, 0.4) is 0 Å². The number of carbonyl (C=O) groups excluding carboxylic acids is 1. The van der Waals surface area contributed by atoms with Crippen molar-refractivity contribution in [3.63, 3.8) is 0 Å². The molecule has 0 bridgehead atoms. The van der Waals surface area contributed by atoms with E-state index < -0.39 is 41.7 Å². The molecular formula is C21H32Cl2O7. The third kappa shape index (κ3) is 8.36. The number of rotatable bonds is 10. The molecule has 0 saturated heterocycles. The van der Waals surface area contributed by atoms with Gasteiger partial charge in [-0.25, -0.2) is 4.79 Å². The summed E-state index contributed by atoms with van der Waals surface area (Å²) < 4.78 is 33.3. The van der Waals surface area contributed by atoms with Crippen molar-refractivity contribution in [2.24, 2.45) is 0 Å². The SMILES string of the molecule is CCC(C)OC1C=CC(Cl)C(COC(=O)OCC2OC(OC(C)CC)C=CC2Cl)O1. The topological polar surface area (TPSA) is 72.5 Å². The molecule has 8 atom stereocenters. The monoisotopic (exact) mass is 466 g/mol. The number of hydrogen-bond acceptors (Lipinski definition) is 7. The summed E-state index contributed by atoms with van der Waals surface area (Å²) in [5.41, 5.74) is 0. The fourth-order valence-corrected chi connectivity index (χ4v) is 3.07. The molecule has 0 saturated carbocycles. The molecule has 0 amide bonds. The minimum atomic E-state index is -0.849. The summed E-state index contributed by atoms with van der Waals surface area (Å²) in [6, 6.07) is 0. The predicted octanol–water partition coefficient (Wildman–Crippen LogP) is 4.55. The number of carbonyl (C=O) groups is 1. The zero-order chi connectivity index (χ0) is 22.1. The molecule has 2 rings (SSSR count). The first kappa shape index (κ1) is 25.4. The van der Waals surface area contributed by atoms with Crippen LogP contribution < -0.4 is 0 Å². The Balaban J connectivity index is 1.74. The molecule has 0 aromatic carbocycles. The van der Waals surface area contributed by atoms with Gasteiger partial charge in [0, 0.05) is 0 Å². The molecule has 7 nitrogen and oxygen atoms in total. The van der Waals surface area contributed by atoms with E-state index >= 15 is 0 Å². The lowest BCUT2D eigenvalue weighted by Crippen LogP contribution is -2.40. The summed E-state index contributed by atoms with van der Waals surface area (Å²) in [6.45, 7) is 7.83. The Hall–Kier alpha value is -0.830. The van der Waals surface area contributed by atoms with Crippen molar-refractivity contribution >= 4 is 29.4 Å². The van der Waals surface area contributed by atoms with Crippen LogP contribution in [-0.4, -0.2) is 67.1 Å². The molecule has 0 aromatic rings. The van der Waals surface area contributed by atoms with Crippen LogP contribution in [0.15, 0.2) is 24.3 Å². The van der Waals surface area contributed by atoms with Crippen molar-refractivity contribution in [1.29, 1.82) is 0 Å². The summed E-state index contributed by atoms with van der Waals surface area (Å²) in [5, 5.41) is -0.876. The van der Waals surface area contributed by atoms with E-state index in [1.807, 2.05) is 27.7 Å². The summed E-state index contributed by atoms with van der Waals surface area (Å²) in [5.74, 6) is 0. The fraction of sp³-hybridized carbons (Fsp3) is 0.762. The summed E-state index contributed by atoms with van der Waals surface area (Å²) in [6.07, 6.45) is 5.87. The first-order chi connectivity index (χ1) is 14.3. The Labute approximate surface area is 188 Å². The number of hydrogen-bond donors (Lipinski definition) is 0. The Morgan fingerprint density at radius 2 is 1.23 bits per heavy atom. The maximum absolute atomic E-state index is 12.0. The van der Waals surface area contributed by atoms with E-state index in [1.54, 1.807) is 24.3 Å². The average Bonchev–Trinajstić information content (AvgIpc) is 2.74. The molecule has 30 heavy (non-hydrogen) atoms. The van der Waals surface area contributed by atoms with Crippen LogP contribution in [0.2, 0.25) is 0 Å². The van der Waals surface area contributed by atoms with Crippen molar-refractivity contribution in [2.45, 2.75) is 88.3 Å². The first-order valence-corrected chi connectivity index (χ1v) is 11.3. The van der Waals surface area contributed by atoms with Gasteiger partial charge in [-0.1, -0.05) is 26.0 Å². The standard InChI is InChI=1S/C21H32Cl2O7/c1-5-13(3)27-19-9-7-15(22)17(29-19)11-25-21(24)26-12-18-16(23)8-10-20(30-18)28-14(4)6-2/h7-10,13-20H,5-6,11-12H2,1-4H3. The third-order valence-electron chi connectivity index (χ3n) is 4.85. The van der Waals surface area contributed by atoms with Crippen LogP contribution in [0.4, 0.5) is 4.79 Å². The smallest absolute Gasteiger partial charge is 0.431 e. The maximum atomic E-state index is 12.0. The molecule has 0 fully saturated rings. The number of alkyl halides is 2. The Morgan fingerprint density at radius 1 is 0.833 bits per heavy atom. The van der Waals surface area contributed by atoms with Gasteiger partial charge in [0.2, 0.25) is 0 Å². The molecule has 9 heteroatoms. The minimum Gasteiger partial charge on any atom is -0.431 e. The second kappa shape index (κ2) is 12.9. The molecule has 2 aliphatic heterocycles. The van der Waals surface area contributed by atoms with Crippen molar-refractivity contribution in [1.82, 2.24) is 0 Å². The second-order valence-corrected chi connectivity index (χ2v) is 8.33. The van der Waals surface area contributed by atoms with Crippen molar-refractivity contribution in [2.75, 3.05) is 13.2 Å². The highest BCUT2D eigenvalue weighted by Crippen LogP contribution is 2.22. The Kier molecular flexibility index (Phi) is 10.9. The van der Waals surface area contributed by atoms with E-state index in [-0.39, 0.29) is 25.4 Å². The molecule has 2 aliphatic rings. The fourth-order valence-electron chi connectivity index (χ4n) is 2.64. The van der Waals surface area contributed by atoms with Gasteiger partial charge in [0.1, 0.15) is 25.4 Å². The molecule has 0 aliphatic carbocycles. The van der Waals surface area contributed by atoms with Gasteiger partial charge in [-0.3, -0.25) is 0 Å². The van der Waals surface area contributed by atoms with Crippen LogP contribution in [0, 0.1) is 0 Å². The Bertz CT molecular complexity index is 538. The van der Waals surface area contributed by atoms with Crippen LogP contribution in [-0.2, 0) is 28.4 Å². The highest BCUT2D eigenvalue weighted by atomic mass is 35.5. The van der Waals surface area contributed by atoms with Gasteiger partial charge in [0.05, 0.1) is 23.0 Å². The first-order valence-electron chi connectivity index (χ1n) is 10.4. The quantitative estimate of drug-likeness (QED) is 0.265. The minimum absolute atomic E-state index is 0.0409. The van der Waals surface area contributed by atoms with Crippen LogP contribution >= 0.6 is 23.2 Å². The van der Waals surface area contributed by atoms with E-state index in [1.165, 1.54) is 0 Å². The summed E-state index contributed by atoms with van der Waals surface area (Å²) in [4.78, 5) is 12.0. The summed E-state index contributed by atoms with van der Waals surface area (Å²) >= 11 is 12.5. The van der Waals surface area contributed by atoms with E-state index in [0.717, 1.165) is 12.8 Å². The molecule has 2 heterocycles. The van der Waals surface area contributed by atoms with Gasteiger partial charge in [-0.05, 0) is 38.8 Å². The molecule has 172 valence electrons. The van der Waals surface area contributed by atoms with E-state index in [0.29, 0.717) is 0 Å². The number of ether oxygens (including phenoxy) is 6. The molecule has 0 aromatic heterocycles. The highest BCUT2D eigenvalue weighted by Gasteiger charge is 2.30. The zero-order valence-electron chi connectivity index (χ0n) is 17.9. The Morgan fingerprint density at radius 3 is 1.60 bits per heavy atom. The van der Waals surface area contributed by atoms with Crippen molar-refractivity contribution in [3.05, 3.63) is 24.3 Å². The number of halogens is 2. The van der Waals surface area contributed by atoms with Crippen LogP contribution in [0.1, 0.15) is 40.5 Å². The van der Waals surface area contributed by atoms with Crippen LogP contribution in [0.5, 0.6) is 0 Å². The van der Waals surface area contributed by atoms with Crippen LogP contribution in [0.25, 0.3) is 0 Å². The normalized spacial score (nSPS) is 33.1.